The molecule has 2 aromatic carbocycles. The number of carbonyl (C=O) groups is 3. The first-order valence-electron chi connectivity index (χ1n) is 7.93. The highest BCUT2D eigenvalue weighted by atomic mass is 19.1. The number of amides is 3. The predicted octanol–water partition coefficient (Wildman–Crippen LogP) is 2.09. The van der Waals surface area contributed by atoms with E-state index in [1.54, 1.807) is 30.3 Å². The van der Waals surface area contributed by atoms with E-state index >= 15 is 0 Å². The average Bonchev–Trinajstić information content (AvgIpc) is 2.79. The SMILES string of the molecule is Cc1ccc2c(c1)C(=O)N(CC(=O)NCCc1cccc(F)c1)C2=O. The summed E-state index contributed by atoms with van der Waals surface area (Å²) in [6, 6.07) is 11.1. The van der Waals surface area contributed by atoms with E-state index in [4.69, 9.17) is 0 Å². The van der Waals surface area contributed by atoms with Crippen LogP contribution in [-0.2, 0) is 11.2 Å². The van der Waals surface area contributed by atoms with Crippen molar-refractivity contribution in [2.24, 2.45) is 0 Å². The molecule has 1 N–H and O–H groups in total. The van der Waals surface area contributed by atoms with E-state index in [9.17, 15) is 18.8 Å². The van der Waals surface area contributed by atoms with Crippen molar-refractivity contribution in [3.8, 4) is 0 Å². The summed E-state index contributed by atoms with van der Waals surface area (Å²) in [5.41, 5.74) is 2.29. The summed E-state index contributed by atoms with van der Waals surface area (Å²) >= 11 is 0. The number of halogens is 1. The lowest BCUT2D eigenvalue weighted by molar-refractivity contribution is -0.121. The zero-order chi connectivity index (χ0) is 18.0. The summed E-state index contributed by atoms with van der Waals surface area (Å²) < 4.78 is 13.1. The fourth-order valence-corrected chi connectivity index (χ4v) is 2.79. The first kappa shape index (κ1) is 16.8. The van der Waals surface area contributed by atoms with Gasteiger partial charge >= 0.3 is 0 Å². The topological polar surface area (TPSA) is 66.5 Å². The predicted molar refractivity (Wildman–Crippen MR) is 89.7 cm³/mol. The van der Waals surface area contributed by atoms with Crippen LogP contribution in [0.4, 0.5) is 4.39 Å². The number of aryl methyl sites for hydroxylation is 1. The molecule has 0 aromatic heterocycles. The van der Waals surface area contributed by atoms with Crippen LogP contribution in [0.15, 0.2) is 42.5 Å². The van der Waals surface area contributed by atoms with Gasteiger partial charge in [0.15, 0.2) is 0 Å². The molecule has 0 spiro atoms. The highest BCUT2D eigenvalue weighted by molar-refractivity contribution is 6.22. The zero-order valence-corrected chi connectivity index (χ0v) is 13.7. The van der Waals surface area contributed by atoms with E-state index in [1.807, 2.05) is 6.92 Å². The zero-order valence-electron chi connectivity index (χ0n) is 13.7. The summed E-state index contributed by atoms with van der Waals surface area (Å²) in [6.45, 7) is 1.80. The Hall–Kier alpha value is -3.02. The second-order valence-corrected chi connectivity index (χ2v) is 5.98. The third kappa shape index (κ3) is 3.57. The van der Waals surface area contributed by atoms with E-state index in [2.05, 4.69) is 5.32 Å². The normalized spacial score (nSPS) is 13.1. The van der Waals surface area contributed by atoms with E-state index < -0.39 is 17.7 Å². The van der Waals surface area contributed by atoms with Crippen molar-refractivity contribution < 1.29 is 18.8 Å². The summed E-state index contributed by atoms with van der Waals surface area (Å²) in [5, 5.41) is 2.65. The van der Waals surface area contributed by atoms with Gasteiger partial charge in [-0.1, -0.05) is 23.8 Å². The number of rotatable bonds is 5. The Kier molecular flexibility index (Phi) is 4.61. The molecule has 1 aliphatic rings. The molecule has 2 aromatic rings. The lowest BCUT2D eigenvalue weighted by Gasteiger charge is -2.13. The van der Waals surface area contributed by atoms with Crippen LogP contribution in [0, 0.1) is 12.7 Å². The van der Waals surface area contributed by atoms with Gasteiger partial charge in [0.1, 0.15) is 12.4 Å². The van der Waals surface area contributed by atoms with Crippen LogP contribution >= 0.6 is 0 Å². The molecule has 0 fully saturated rings. The summed E-state index contributed by atoms with van der Waals surface area (Å²) in [4.78, 5) is 37.6. The molecule has 0 bridgehead atoms. The van der Waals surface area contributed by atoms with Gasteiger partial charge in [-0.2, -0.15) is 0 Å². The average molecular weight is 340 g/mol. The van der Waals surface area contributed by atoms with Crippen LogP contribution in [0.3, 0.4) is 0 Å². The van der Waals surface area contributed by atoms with Crippen LogP contribution in [0.2, 0.25) is 0 Å². The van der Waals surface area contributed by atoms with Crippen molar-refractivity contribution >= 4 is 17.7 Å². The third-order valence-corrected chi connectivity index (χ3v) is 4.05. The summed E-state index contributed by atoms with van der Waals surface area (Å²) in [6.07, 6.45) is 0.463. The van der Waals surface area contributed by atoms with Crippen molar-refractivity contribution in [1.29, 1.82) is 0 Å². The maximum Gasteiger partial charge on any atom is 0.262 e. The highest BCUT2D eigenvalue weighted by Gasteiger charge is 2.36. The van der Waals surface area contributed by atoms with E-state index in [0.717, 1.165) is 16.0 Å². The van der Waals surface area contributed by atoms with E-state index in [0.29, 0.717) is 24.1 Å². The fourth-order valence-electron chi connectivity index (χ4n) is 2.79. The van der Waals surface area contributed by atoms with Gasteiger partial charge in [0, 0.05) is 6.54 Å². The molecule has 0 saturated heterocycles. The van der Waals surface area contributed by atoms with Crippen LogP contribution in [-0.4, -0.2) is 35.7 Å². The number of hydrogen-bond donors (Lipinski definition) is 1. The van der Waals surface area contributed by atoms with Crippen LogP contribution < -0.4 is 5.32 Å². The highest BCUT2D eigenvalue weighted by Crippen LogP contribution is 2.23. The first-order valence-corrected chi connectivity index (χ1v) is 7.93. The molecule has 3 rings (SSSR count). The monoisotopic (exact) mass is 340 g/mol. The maximum atomic E-state index is 13.1. The molecule has 3 amide bonds. The molecule has 5 nitrogen and oxygen atoms in total. The molecule has 0 unspecified atom stereocenters. The number of hydrogen-bond acceptors (Lipinski definition) is 3. The number of nitrogens with zero attached hydrogens (tertiary/aromatic N) is 1. The Morgan fingerprint density at radius 1 is 1.08 bits per heavy atom. The standard InChI is InChI=1S/C19H17FN2O3/c1-12-5-6-15-16(9-12)19(25)22(18(15)24)11-17(23)21-8-7-13-3-2-4-14(20)10-13/h2-6,9-10H,7-8,11H2,1H3,(H,21,23). The molecule has 0 saturated carbocycles. The summed E-state index contributed by atoms with van der Waals surface area (Å²) in [7, 11) is 0. The lowest BCUT2D eigenvalue weighted by Crippen LogP contribution is -2.40. The van der Waals surface area contributed by atoms with Gasteiger partial charge in [0.05, 0.1) is 11.1 Å². The maximum absolute atomic E-state index is 13.1. The third-order valence-electron chi connectivity index (χ3n) is 4.05. The molecular weight excluding hydrogens is 323 g/mol. The molecule has 1 heterocycles. The Bertz CT molecular complexity index is 863. The molecule has 0 aliphatic carbocycles. The van der Waals surface area contributed by atoms with Crippen molar-refractivity contribution in [2.75, 3.05) is 13.1 Å². The minimum atomic E-state index is -0.458. The molecular formula is C19H17FN2O3. The first-order chi connectivity index (χ1) is 12.0. The van der Waals surface area contributed by atoms with Crippen molar-refractivity contribution in [3.63, 3.8) is 0 Å². The van der Waals surface area contributed by atoms with Gasteiger partial charge in [0.25, 0.3) is 11.8 Å². The molecule has 0 atom stereocenters. The Labute approximate surface area is 144 Å². The minimum absolute atomic E-state index is 0.296. The second-order valence-electron chi connectivity index (χ2n) is 5.98. The molecule has 6 heteroatoms. The number of carbonyl (C=O) groups excluding carboxylic acids is 3. The molecule has 25 heavy (non-hydrogen) atoms. The van der Waals surface area contributed by atoms with Gasteiger partial charge in [0.2, 0.25) is 5.91 Å². The van der Waals surface area contributed by atoms with Crippen molar-refractivity contribution in [2.45, 2.75) is 13.3 Å². The number of fused-ring (bicyclic) bond motifs is 1. The Morgan fingerprint density at radius 3 is 2.60 bits per heavy atom. The van der Waals surface area contributed by atoms with Crippen LogP contribution in [0.5, 0.6) is 0 Å². The Morgan fingerprint density at radius 2 is 1.84 bits per heavy atom. The van der Waals surface area contributed by atoms with Gasteiger partial charge in [-0.3, -0.25) is 19.3 Å². The van der Waals surface area contributed by atoms with Gasteiger partial charge in [-0.05, 0) is 43.2 Å². The fraction of sp³-hybridized carbons (Fsp3) is 0.211. The summed E-state index contributed by atoms with van der Waals surface area (Å²) in [5.74, 6) is -1.67. The number of imide groups is 1. The van der Waals surface area contributed by atoms with Crippen molar-refractivity contribution in [3.05, 3.63) is 70.5 Å². The molecule has 1 aliphatic heterocycles. The smallest absolute Gasteiger partial charge is 0.262 e. The van der Waals surface area contributed by atoms with Crippen LogP contribution in [0.1, 0.15) is 31.8 Å². The van der Waals surface area contributed by atoms with Crippen molar-refractivity contribution in [1.82, 2.24) is 10.2 Å². The van der Waals surface area contributed by atoms with Crippen LogP contribution in [0.25, 0.3) is 0 Å². The number of benzene rings is 2. The minimum Gasteiger partial charge on any atom is -0.354 e. The van der Waals surface area contributed by atoms with E-state index in [1.165, 1.54) is 12.1 Å². The quantitative estimate of drug-likeness (QED) is 0.848. The number of nitrogens with one attached hydrogen (secondary N) is 1. The largest absolute Gasteiger partial charge is 0.354 e. The van der Waals surface area contributed by atoms with E-state index in [-0.39, 0.29) is 12.4 Å². The van der Waals surface area contributed by atoms with Gasteiger partial charge < -0.3 is 5.32 Å². The molecule has 128 valence electrons. The lowest BCUT2D eigenvalue weighted by atomic mass is 10.1. The Balaban J connectivity index is 1.57. The molecule has 0 radical (unpaired) electrons. The second kappa shape index (κ2) is 6.84. The van der Waals surface area contributed by atoms with Gasteiger partial charge in [-0.25, -0.2) is 4.39 Å². The van der Waals surface area contributed by atoms with Gasteiger partial charge in [-0.15, -0.1) is 0 Å².